The standard InChI is InChI=1S/C64H117NO8/c1-6-8-10-12-14-16-18-20-22-24-26-27-28-29-30-31-32-33-34-35-37-39-41-43-45-47-49-51-53-55-62(67)73-60(59-72-64(63(68)69)70-57-56-65(3,4)5)58-71-61(66)54-52-50-48-46-44-42-40-38-36-25-23-21-19-17-15-13-11-9-7-2/h8,10,14,16,20,22,26-27,60,64H,6-7,9,11-13,15,17-19,21,23-25,28-59H2,1-5H3/b10-8-,16-14-,22-20-,27-26-. The highest BCUT2D eigenvalue weighted by Gasteiger charge is 2.22. The predicted octanol–water partition coefficient (Wildman–Crippen LogP) is 16.9. The Hall–Kier alpha value is -2.75. The first-order chi connectivity index (χ1) is 35.6. The second-order valence-electron chi connectivity index (χ2n) is 22.0. The molecule has 426 valence electrons. The molecule has 2 unspecified atom stereocenters. The SMILES string of the molecule is CC/C=C\C/C=C\C/C=C\C/C=C\CCCCCCCCCCCCCCCCCCC(=O)OC(COC(=O)CCCCCCCCCCCCCCCCCCCCC)COC(OCC[N+](C)(C)C)C(=O)[O-]. The maximum absolute atomic E-state index is 12.9. The Morgan fingerprint density at radius 2 is 0.781 bits per heavy atom. The zero-order valence-electron chi connectivity index (χ0n) is 48.5. The first-order valence-electron chi connectivity index (χ1n) is 30.8. The average molecular weight is 1030 g/mol. The molecule has 0 heterocycles. The molecule has 0 saturated heterocycles. The van der Waals surface area contributed by atoms with Gasteiger partial charge in [-0.15, -0.1) is 0 Å². The Morgan fingerprint density at radius 1 is 0.425 bits per heavy atom. The Balaban J connectivity index is 4.15. The van der Waals surface area contributed by atoms with Crippen LogP contribution in [0.1, 0.15) is 284 Å². The van der Waals surface area contributed by atoms with Gasteiger partial charge in [0, 0.05) is 12.8 Å². The largest absolute Gasteiger partial charge is 0.545 e. The highest BCUT2D eigenvalue weighted by Crippen LogP contribution is 2.17. The van der Waals surface area contributed by atoms with Crippen molar-refractivity contribution >= 4 is 17.9 Å². The number of hydrogen-bond donors (Lipinski definition) is 0. The monoisotopic (exact) mass is 1030 g/mol. The Kier molecular flexibility index (Phi) is 53.4. The van der Waals surface area contributed by atoms with E-state index in [9.17, 15) is 19.5 Å². The van der Waals surface area contributed by atoms with Crippen molar-refractivity contribution in [2.45, 2.75) is 296 Å². The second kappa shape index (κ2) is 55.5. The van der Waals surface area contributed by atoms with Crippen LogP contribution in [0, 0.1) is 0 Å². The molecular weight excluding hydrogens is 911 g/mol. The number of carbonyl (C=O) groups excluding carboxylic acids is 3. The van der Waals surface area contributed by atoms with Crippen molar-refractivity contribution in [1.82, 2.24) is 0 Å². The van der Waals surface area contributed by atoms with Gasteiger partial charge in [0.05, 0.1) is 40.3 Å². The number of likely N-dealkylation sites (N-methyl/N-ethyl adjacent to an activating group) is 1. The number of carbonyl (C=O) groups is 3. The van der Waals surface area contributed by atoms with E-state index in [0.717, 1.165) is 57.8 Å². The number of rotatable bonds is 57. The molecule has 0 spiro atoms. The molecule has 0 aliphatic rings. The molecule has 0 N–H and O–H groups in total. The van der Waals surface area contributed by atoms with Crippen LogP contribution in [0.4, 0.5) is 0 Å². The number of aliphatic carboxylic acids is 1. The van der Waals surface area contributed by atoms with Crippen LogP contribution in [-0.2, 0) is 33.3 Å². The fraction of sp³-hybridized carbons (Fsp3) is 0.828. The lowest BCUT2D eigenvalue weighted by Crippen LogP contribution is -2.44. The van der Waals surface area contributed by atoms with Crippen LogP contribution in [0.2, 0.25) is 0 Å². The van der Waals surface area contributed by atoms with Gasteiger partial charge in [0.25, 0.3) is 0 Å². The number of carboxylic acids is 1. The summed E-state index contributed by atoms with van der Waals surface area (Å²) in [6.07, 6.45) is 65.9. The maximum Gasteiger partial charge on any atom is 0.306 e. The molecule has 0 aromatic heterocycles. The zero-order valence-corrected chi connectivity index (χ0v) is 48.5. The first-order valence-corrected chi connectivity index (χ1v) is 30.8. The van der Waals surface area contributed by atoms with Crippen LogP contribution in [0.3, 0.4) is 0 Å². The van der Waals surface area contributed by atoms with Crippen molar-refractivity contribution in [3.8, 4) is 0 Å². The van der Waals surface area contributed by atoms with Gasteiger partial charge in [-0.25, -0.2) is 0 Å². The van der Waals surface area contributed by atoms with Gasteiger partial charge < -0.3 is 33.3 Å². The average Bonchev–Trinajstić information content (AvgIpc) is 3.36. The smallest absolute Gasteiger partial charge is 0.306 e. The summed E-state index contributed by atoms with van der Waals surface area (Å²) in [6, 6.07) is 0. The number of hydrogen-bond acceptors (Lipinski definition) is 8. The van der Waals surface area contributed by atoms with E-state index in [1.165, 1.54) is 193 Å². The number of allylic oxidation sites excluding steroid dienone is 8. The van der Waals surface area contributed by atoms with Crippen molar-refractivity contribution in [2.24, 2.45) is 0 Å². The molecule has 73 heavy (non-hydrogen) atoms. The third kappa shape index (κ3) is 56.8. The van der Waals surface area contributed by atoms with E-state index in [2.05, 4.69) is 62.5 Å². The molecule has 0 fully saturated rings. The van der Waals surface area contributed by atoms with Gasteiger partial charge >= 0.3 is 11.9 Å². The summed E-state index contributed by atoms with van der Waals surface area (Å²) in [5.74, 6) is -2.26. The number of nitrogens with zero attached hydrogens (tertiary/aromatic N) is 1. The van der Waals surface area contributed by atoms with Gasteiger partial charge in [-0.1, -0.05) is 268 Å². The topological polar surface area (TPSA) is 111 Å². The van der Waals surface area contributed by atoms with Gasteiger partial charge in [0.2, 0.25) is 0 Å². The van der Waals surface area contributed by atoms with Crippen LogP contribution in [-0.4, -0.2) is 82.3 Å². The van der Waals surface area contributed by atoms with Crippen LogP contribution < -0.4 is 5.11 Å². The normalized spacial score (nSPS) is 13.1. The van der Waals surface area contributed by atoms with Crippen LogP contribution in [0.25, 0.3) is 0 Å². The number of ether oxygens (including phenoxy) is 4. The third-order valence-corrected chi connectivity index (χ3v) is 13.6. The van der Waals surface area contributed by atoms with Crippen molar-refractivity contribution in [2.75, 3.05) is 47.5 Å². The minimum Gasteiger partial charge on any atom is -0.545 e. The number of quaternary nitrogens is 1. The summed E-state index contributed by atoms with van der Waals surface area (Å²) in [4.78, 5) is 37.3. The van der Waals surface area contributed by atoms with Crippen LogP contribution in [0.5, 0.6) is 0 Å². The van der Waals surface area contributed by atoms with E-state index in [0.29, 0.717) is 23.9 Å². The predicted molar refractivity (Wildman–Crippen MR) is 306 cm³/mol. The Labute approximate surface area is 451 Å². The van der Waals surface area contributed by atoms with Crippen LogP contribution in [0.15, 0.2) is 48.6 Å². The maximum atomic E-state index is 12.9. The Morgan fingerprint density at radius 3 is 1.16 bits per heavy atom. The lowest BCUT2D eigenvalue weighted by molar-refractivity contribution is -0.870. The molecule has 9 nitrogen and oxygen atoms in total. The van der Waals surface area contributed by atoms with E-state index in [4.69, 9.17) is 18.9 Å². The zero-order chi connectivity index (χ0) is 53.4. The molecule has 9 heteroatoms. The minimum absolute atomic E-state index is 0.149. The van der Waals surface area contributed by atoms with E-state index in [-0.39, 0.29) is 32.2 Å². The fourth-order valence-electron chi connectivity index (χ4n) is 8.88. The van der Waals surface area contributed by atoms with Crippen LogP contribution >= 0.6 is 0 Å². The van der Waals surface area contributed by atoms with E-state index < -0.39 is 24.3 Å². The molecular formula is C64H117NO8. The van der Waals surface area contributed by atoms with Crippen molar-refractivity contribution in [3.63, 3.8) is 0 Å². The summed E-state index contributed by atoms with van der Waals surface area (Å²) in [6.45, 7) is 4.68. The second-order valence-corrected chi connectivity index (χ2v) is 22.0. The first kappa shape index (κ1) is 70.2. The lowest BCUT2D eigenvalue weighted by Gasteiger charge is -2.26. The lowest BCUT2D eigenvalue weighted by atomic mass is 10.0. The highest BCUT2D eigenvalue weighted by molar-refractivity contribution is 5.70. The number of esters is 2. The van der Waals surface area contributed by atoms with Crippen molar-refractivity contribution in [1.29, 1.82) is 0 Å². The van der Waals surface area contributed by atoms with E-state index in [1.807, 2.05) is 21.1 Å². The summed E-state index contributed by atoms with van der Waals surface area (Å²) in [5.41, 5.74) is 0. The summed E-state index contributed by atoms with van der Waals surface area (Å²) in [5, 5.41) is 11.8. The summed E-state index contributed by atoms with van der Waals surface area (Å²) in [7, 11) is 5.93. The summed E-state index contributed by atoms with van der Waals surface area (Å²) >= 11 is 0. The third-order valence-electron chi connectivity index (χ3n) is 13.6. The quantitative estimate of drug-likeness (QED) is 0.0195. The van der Waals surface area contributed by atoms with Gasteiger partial charge in [-0.05, 0) is 51.4 Å². The Bertz CT molecular complexity index is 1340. The molecule has 0 radical (unpaired) electrons. The van der Waals surface area contributed by atoms with Gasteiger partial charge in [0.15, 0.2) is 12.4 Å². The molecule has 0 aliphatic carbocycles. The molecule has 0 aromatic rings. The highest BCUT2D eigenvalue weighted by atomic mass is 16.7. The van der Waals surface area contributed by atoms with Crippen molar-refractivity contribution < 1.29 is 42.9 Å². The number of carboxylic acid groups (broad SMARTS) is 1. The molecule has 0 amide bonds. The molecule has 0 rings (SSSR count). The van der Waals surface area contributed by atoms with Gasteiger partial charge in [-0.2, -0.15) is 0 Å². The van der Waals surface area contributed by atoms with E-state index in [1.54, 1.807) is 0 Å². The van der Waals surface area contributed by atoms with Gasteiger partial charge in [-0.3, -0.25) is 9.59 Å². The minimum atomic E-state index is -1.62. The molecule has 0 saturated carbocycles. The van der Waals surface area contributed by atoms with Crippen molar-refractivity contribution in [3.05, 3.63) is 48.6 Å². The molecule has 2 atom stereocenters. The van der Waals surface area contributed by atoms with Gasteiger partial charge in [0.1, 0.15) is 13.2 Å². The molecule has 0 aliphatic heterocycles. The molecule has 0 aromatic carbocycles. The molecule has 0 bridgehead atoms. The van der Waals surface area contributed by atoms with E-state index >= 15 is 0 Å². The fourth-order valence-corrected chi connectivity index (χ4v) is 8.88. The summed E-state index contributed by atoms with van der Waals surface area (Å²) < 4.78 is 22.8. The number of unbranched alkanes of at least 4 members (excludes halogenated alkanes) is 34.